The molecule has 3 N–H and O–H groups in total. The van der Waals surface area contributed by atoms with Gasteiger partial charge in [0.05, 0.1) is 26.4 Å². The molecule has 0 aromatic rings. The number of phosphoric acid groups is 2. The van der Waals surface area contributed by atoms with Crippen LogP contribution in [-0.2, 0) is 65.4 Å². The van der Waals surface area contributed by atoms with E-state index in [2.05, 4.69) is 55.4 Å². The van der Waals surface area contributed by atoms with Crippen LogP contribution in [0.1, 0.15) is 453 Å². The summed E-state index contributed by atoms with van der Waals surface area (Å²) in [4.78, 5) is 73.2. The van der Waals surface area contributed by atoms with Gasteiger partial charge >= 0.3 is 39.5 Å². The number of aliphatic hydroxyl groups is 1. The minimum absolute atomic E-state index is 0.105. The summed E-state index contributed by atoms with van der Waals surface area (Å²) in [5.74, 6) is 1.05. The second-order valence-electron chi connectivity index (χ2n) is 33.0. The smallest absolute Gasteiger partial charge is 0.462 e. The van der Waals surface area contributed by atoms with E-state index in [0.717, 1.165) is 114 Å². The molecule has 0 saturated heterocycles. The van der Waals surface area contributed by atoms with E-state index in [1.54, 1.807) is 0 Å². The van der Waals surface area contributed by atoms with Gasteiger partial charge in [0.15, 0.2) is 12.2 Å². The third-order valence-corrected chi connectivity index (χ3v) is 22.6. The minimum atomic E-state index is -4.97. The highest BCUT2D eigenvalue weighted by Gasteiger charge is 2.31. The second kappa shape index (κ2) is 75.7. The second-order valence-corrected chi connectivity index (χ2v) is 35.9. The first kappa shape index (κ1) is 104. The first-order valence-corrected chi connectivity index (χ1v) is 47.7. The fourth-order valence-electron chi connectivity index (χ4n) is 13.5. The van der Waals surface area contributed by atoms with Gasteiger partial charge in [-0.1, -0.05) is 402 Å². The predicted octanol–water partition coefficient (Wildman–Crippen LogP) is 26.3. The van der Waals surface area contributed by atoms with E-state index in [1.165, 1.54) is 257 Å². The van der Waals surface area contributed by atoms with E-state index in [0.29, 0.717) is 25.7 Å². The number of ether oxygens (including phenoxy) is 4. The number of esters is 4. The molecule has 19 heteroatoms. The molecule has 0 fully saturated rings. The molecule has 630 valence electrons. The van der Waals surface area contributed by atoms with Gasteiger partial charge in [-0.2, -0.15) is 0 Å². The standard InChI is InChI=1S/C87H170O17P2/c1-9-80(8)66-58-50-42-33-27-23-19-15-11-13-16-20-24-28-34-43-51-59-67-84(89)97-73-82(103-86(91)69-61-53-45-35-29-25-21-17-12-10-14-18-22-26-31-39-47-55-63-77(2)3)75-101-105(93,94)99-71-81(88)72-100-106(95,96)102-76-83(74-98-85(90)68-60-52-44-38-37-41-49-57-65-79(6)7)104-87(92)70-62-54-46-36-30-32-40-48-56-64-78(4)5/h77-83,88H,9-76H2,1-8H3,(H,93,94)(H,95,96)/t80?,81?,82-,83-/m1/s1. The summed E-state index contributed by atoms with van der Waals surface area (Å²) in [7, 11) is -9.93. The fourth-order valence-corrected chi connectivity index (χ4v) is 15.0. The molecule has 0 aliphatic heterocycles. The van der Waals surface area contributed by atoms with Crippen molar-refractivity contribution in [3.8, 4) is 0 Å². The van der Waals surface area contributed by atoms with Crippen molar-refractivity contribution in [3.63, 3.8) is 0 Å². The predicted molar refractivity (Wildman–Crippen MR) is 437 cm³/mol. The summed E-state index contributed by atoms with van der Waals surface area (Å²) in [6.07, 6.45) is 65.4. The van der Waals surface area contributed by atoms with Gasteiger partial charge in [0.1, 0.15) is 19.3 Å². The number of hydrogen-bond acceptors (Lipinski definition) is 15. The topological polar surface area (TPSA) is 237 Å². The molecule has 0 bridgehead atoms. The highest BCUT2D eigenvalue weighted by atomic mass is 31.2. The number of unbranched alkanes of at least 4 members (excludes halogenated alkanes) is 49. The van der Waals surface area contributed by atoms with Crippen molar-refractivity contribution in [2.24, 2.45) is 23.7 Å². The lowest BCUT2D eigenvalue weighted by Gasteiger charge is -2.21. The average Bonchev–Trinajstić information content (AvgIpc) is 0.904. The van der Waals surface area contributed by atoms with Gasteiger partial charge in [-0.3, -0.25) is 37.3 Å². The van der Waals surface area contributed by atoms with Crippen LogP contribution in [0.4, 0.5) is 0 Å². The van der Waals surface area contributed by atoms with E-state index in [-0.39, 0.29) is 25.7 Å². The number of phosphoric ester groups is 2. The Balaban J connectivity index is 5.21. The minimum Gasteiger partial charge on any atom is -0.462 e. The first-order valence-electron chi connectivity index (χ1n) is 44.7. The van der Waals surface area contributed by atoms with Crippen LogP contribution < -0.4 is 0 Å². The van der Waals surface area contributed by atoms with Gasteiger partial charge < -0.3 is 33.8 Å². The van der Waals surface area contributed by atoms with Crippen molar-refractivity contribution in [2.75, 3.05) is 39.6 Å². The Morgan fingerprint density at radius 1 is 0.264 bits per heavy atom. The van der Waals surface area contributed by atoms with E-state index in [1.807, 2.05) is 0 Å². The van der Waals surface area contributed by atoms with E-state index in [9.17, 15) is 43.2 Å². The molecule has 0 aromatic heterocycles. The Labute approximate surface area is 651 Å². The number of aliphatic hydroxyl groups excluding tert-OH is 1. The van der Waals surface area contributed by atoms with Crippen LogP contribution in [-0.4, -0.2) is 96.7 Å². The maximum Gasteiger partial charge on any atom is 0.472 e. The van der Waals surface area contributed by atoms with Gasteiger partial charge in [-0.25, -0.2) is 9.13 Å². The van der Waals surface area contributed by atoms with E-state index < -0.39 is 97.5 Å². The third-order valence-electron chi connectivity index (χ3n) is 20.7. The molecule has 0 spiro atoms. The molecular weight excluding hydrogens is 1380 g/mol. The summed E-state index contributed by atoms with van der Waals surface area (Å²) in [6.45, 7) is 14.3. The quantitative estimate of drug-likeness (QED) is 0.0222. The maximum atomic E-state index is 13.2. The molecule has 106 heavy (non-hydrogen) atoms. The van der Waals surface area contributed by atoms with Crippen LogP contribution >= 0.6 is 15.6 Å². The molecule has 4 unspecified atom stereocenters. The van der Waals surface area contributed by atoms with Gasteiger partial charge in [-0.15, -0.1) is 0 Å². The van der Waals surface area contributed by atoms with Crippen molar-refractivity contribution >= 4 is 39.5 Å². The molecule has 0 aliphatic rings. The lowest BCUT2D eigenvalue weighted by atomic mass is 9.99. The van der Waals surface area contributed by atoms with Crippen LogP contribution in [0.15, 0.2) is 0 Å². The summed E-state index contributed by atoms with van der Waals surface area (Å²) in [5, 5.41) is 10.7. The van der Waals surface area contributed by atoms with Crippen LogP contribution in [0.2, 0.25) is 0 Å². The molecule has 0 aliphatic carbocycles. The summed E-state index contributed by atoms with van der Waals surface area (Å²) in [5.41, 5.74) is 0. The fraction of sp³-hybridized carbons (Fsp3) is 0.954. The molecule has 0 rings (SSSR count). The van der Waals surface area contributed by atoms with E-state index >= 15 is 0 Å². The Hall–Kier alpha value is -1.94. The van der Waals surface area contributed by atoms with E-state index in [4.69, 9.17) is 37.0 Å². The van der Waals surface area contributed by atoms with Crippen molar-refractivity contribution in [2.45, 2.75) is 472 Å². The third kappa shape index (κ3) is 78.7. The Bertz CT molecular complexity index is 2060. The van der Waals surface area contributed by atoms with Crippen molar-refractivity contribution in [3.05, 3.63) is 0 Å². The summed E-state index contributed by atoms with van der Waals surface area (Å²) < 4.78 is 68.9. The van der Waals surface area contributed by atoms with Crippen LogP contribution in [0.25, 0.3) is 0 Å². The molecule has 17 nitrogen and oxygen atoms in total. The molecule has 6 atom stereocenters. The first-order chi connectivity index (χ1) is 51.1. The lowest BCUT2D eigenvalue weighted by Crippen LogP contribution is -2.30. The van der Waals surface area contributed by atoms with Crippen LogP contribution in [0, 0.1) is 23.7 Å². The Morgan fingerprint density at radius 3 is 0.670 bits per heavy atom. The Kier molecular flexibility index (Phi) is 74.3. The van der Waals surface area contributed by atoms with Gasteiger partial charge in [0.2, 0.25) is 0 Å². The number of carbonyl (C=O) groups is 4. The monoisotopic (exact) mass is 1550 g/mol. The van der Waals surface area contributed by atoms with Crippen molar-refractivity contribution in [1.82, 2.24) is 0 Å². The highest BCUT2D eigenvalue weighted by Crippen LogP contribution is 2.45. The van der Waals surface area contributed by atoms with Crippen LogP contribution in [0.5, 0.6) is 0 Å². The lowest BCUT2D eigenvalue weighted by molar-refractivity contribution is -0.161. The van der Waals surface area contributed by atoms with Crippen molar-refractivity contribution < 1.29 is 80.2 Å². The maximum absolute atomic E-state index is 13.2. The van der Waals surface area contributed by atoms with Gasteiger partial charge in [0, 0.05) is 25.7 Å². The number of rotatable bonds is 84. The zero-order valence-corrected chi connectivity index (χ0v) is 71.9. The molecule has 0 saturated carbocycles. The molecule has 0 aromatic carbocycles. The molecular formula is C87H170O17P2. The zero-order chi connectivity index (χ0) is 78.1. The highest BCUT2D eigenvalue weighted by molar-refractivity contribution is 7.47. The van der Waals surface area contributed by atoms with Gasteiger partial charge in [-0.05, 0) is 49.4 Å². The zero-order valence-electron chi connectivity index (χ0n) is 70.1. The largest absolute Gasteiger partial charge is 0.472 e. The SMILES string of the molecule is CCC(C)CCCCCCCCCCCCCCCCCCCCC(=O)OC[C@H](COP(=O)(O)OCC(O)COP(=O)(O)OC[C@@H](COC(=O)CCCCCCCCCCC(C)C)OC(=O)CCCCCCCCCCCC(C)C)OC(=O)CCCCCCCCCCCCCCCCCCCCC(C)C. The normalized spacial score (nSPS) is 14.2. The van der Waals surface area contributed by atoms with Gasteiger partial charge in [0.25, 0.3) is 0 Å². The summed E-state index contributed by atoms with van der Waals surface area (Å²) >= 11 is 0. The number of carbonyl (C=O) groups excluding carboxylic acids is 4. The molecule has 0 heterocycles. The Morgan fingerprint density at radius 2 is 0.453 bits per heavy atom. The molecule has 0 amide bonds. The average molecular weight is 1550 g/mol. The molecule has 0 radical (unpaired) electrons. The van der Waals surface area contributed by atoms with Crippen LogP contribution in [0.3, 0.4) is 0 Å². The number of hydrogen-bond donors (Lipinski definition) is 3. The van der Waals surface area contributed by atoms with Crippen molar-refractivity contribution in [1.29, 1.82) is 0 Å². The summed E-state index contributed by atoms with van der Waals surface area (Å²) in [6, 6.07) is 0.